The van der Waals surface area contributed by atoms with Gasteiger partial charge in [0.2, 0.25) is 0 Å². The fraction of sp³-hybridized carbons (Fsp3) is 0.250. The Morgan fingerprint density at radius 3 is 3.27 bits per heavy atom. The predicted octanol–water partition coefficient (Wildman–Crippen LogP) is 0.497. The Bertz CT molecular complexity index is 296. The zero-order valence-corrected chi connectivity index (χ0v) is 6.00. The van der Waals surface area contributed by atoms with E-state index in [9.17, 15) is 4.79 Å². The summed E-state index contributed by atoms with van der Waals surface area (Å²) in [7, 11) is 0. The third-order valence-corrected chi connectivity index (χ3v) is 1.90. The summed E-state index contributed by atoms with van der Waals surface area (Å²) in [5.74, 6) is 0. The number of carbonyl (C=O) groups is 1. The molecule has 0 atom stereocenters. The van der Waals surface area contributed by atoms with Gasteiger partial charge < -0.3 is 5.32 Å². The minimum absolute atomic E-state index is 0.764. The summed E-state index contributed by atoms with van der Waals surface area (Å²) in [6.45, 7) is 1.56. The highest BCUT2D eigenvalue weighted by molar-refractivity contribution is 5.77. The number of hydrogen-bond acceptors (Lipinski definition) is 3. The van der Waals surface area contributed by atoms with E-state index >= 15 is 0 Å². The van der Waals surface area contributed by atoms with Crippen molar-refractivity contribution in [1.82, 2.24) is 10.3 Å². The van der Waals surface area contributed by atoms with E-state index in [-0.39, 0.29) is 0 Å². The second-order valence-electron chi connectivity index (χ2n) is 2.55. The van der Waals surface area contributed by atoms with Gasteiger partial charge in [-0.1, -0.05) is 0 Å². The molecule has 0 aliphatic carbocycles. The lowest BCUT2D eigenvalue weighted by Crippen LogP contribution is -2.00. The highest BCUT2D eigenvalue weighted by Gasteiger charge is 2.13. The summed E-state index contributed by atoms with van der Waals surface area (Å²) in [5, 5.41) is 3.14. The van der Waals surface area contributed by atoms with Gasteiger partial charge in [0.25, 0.3) is 0 Å². The minimum atomic E-state index is 0.764. The van der Waals surface area contributed by atoms with E-state index in [1.54, 1.807) is 12.3 Å². The molecule has 2 heterocycles. The van der Waals surface area contributed by atoms with Gasteiger partial charge >= 0.3 is 0 Å². The van der Waals surface area contributed by atoms with Crippen molar-refractivity contribution in [3.8, 4) is 0 Å². The Hall–Kier alpha value is -1.22. The number of nitrogens with zero attached hydrogens (tertiary/aromatic N) is 1. The second-order valence-corrected chi connectivity index (χ2v) is 2.55. The lowest BCUT2D eigenvalue weighted by atomic mass is 10.1. The number of rotatable bonds is 1. The molecular formula is C8H8N2O. The van der Waals surface area contributed by atoms with Gasteiger partial charge in [0.05, 0.1) is 5.69 Å². The van der Waals surface area contributed by atoms with E-state index in [0.29, 0.717) is 0 Å². The summed E-state index contributed by atoms with van der Waals surface area (Å²) in [6.07, 6.45) is 2.56. The molecule has 0 saturated heterocycles. The zero-order valence-electron chi connectivity index (χ0n) is 6.00. The first-order chi connectivity index (χ1) is 5.42. The fourth-order valence-electron chi connectivity index (χ4n) is 1.33. The number of aromatic nitrogens is 1. The molecule has 0 aromatic carbocycles. The molecule has 1 aromatic rings. The summed E-state index contributed by atoms with van der Waals surface area (Å²) >= 11 is 0. The zero-order chi connectivity index (χ0) is 7.68. The fourth-order valence-corrected chi connectivity index (χ4v) is 1.33. The van der Waals surface area contributed by atoms with Crippen molar-refractivity contribution in [3.05, 3.63) is 29.1 Å². The van der Waals surface area contributed by atoms with Crippen LogP contribution in [-0.2, 0) is 13.1 Å². The molecule has 3 heteroatoms. The number of hydrogen-bond donors (Lipinski definition) is 1. The van der Waals surface area contributed by atoms with Crippen molar-refractivity contribution in [2.45, 2.75) is 13.1 Å². The van der Waals surface area contributed by atoms with Gasteiger partial charge in [0.15, 0.2) is 0 Å². The molecule has 0 amide bonds. The number of fused-ring (bicyclic) bond motifs is 1. The first-order valence-corrected chi connectivity index (χ1v) is 3.54. The van der Waals surface area contributed by atoms with Crippen LogP contribution in [0, 0.1) is 0 Å². The molecule has 1 aliphatic rings. The summed E-state index contributed by atoms with van der Waals surface area (Å²) in [5.41, 5.74) is 2.83. The van der Waals surface area contributed by atoms with Gasteiger partial charge in [-0.25, -0.2) is 0 Å². The van der Waals surface area contributed by atoms with Crippen LogP contribution < -0.4 is 5.32 Å². The van der Waals surface area contributed by atoms with Gasteiger partial charge in [-0.05, 0) is 11.6 Å². The lowest BCUT2D eigenvalue weighted by Gasteiger charge is -1.97. The standard InChI is InChI=1S/C8H8N2O/c11-5-6-1-2-10-8-4-9-3-7(6)8/h1-2,5,9H,3-4H2. The monoisotopic (exact) mass is 148 g/mol. The number of aldehydes is 1. The molecule has 2 rings (SSSR count). The van der Waals surface area contributed by atoms with Crippen LogP contribution in [0.4, 0.5) is 0 Å². The van der Waals surface area contributed by atoms with Gasteiger partial charge in [0.1, 0.15) is 6.29 Å². The van der Waals surface area contributed by atoms with E-state index in [0.717, 1.165) is 36.2 Å². The maximum absolute atomic E-state index is 10.5. The Morgan fingerprint density at radius 2 is 2.45 bits per heavy atom. The lowest BCUT2D eigenvalue weighted by molar-refractivity contribution is 0.112. The molecular weight excluding hydrogens is 140 g/mol. The van der Waals surface area contributed by atoms with Crippen molar-refractivity contribution in [2.75, 3.05) is 0 Å². The van der Waals surface area contributed by atoms with Crippen LogP contribution in [0.2, 0.25) is 0 Å². The van der Waals surface area contributed by atoms with Crippen molar-refractivity contribution < 1.29 is 4.79 Å². The molecule has 0 fully saturated rings. The number of nitrogens with one attached hydrogen (secondary N) is 1. The van der Waals surface area contributed by atoms with Crippen LogP contribution in [0.25, 0.3) is 0 Å². The molecule has 1 N–H and O–H groups in total. The first-order valence-electron chi connectivity index (χ1n) is 3.54. The number of pyridine rings is 1. The molecule has 0 bridgehead atoms. The molecule has 0 radical (unpaired) electrons. The summed E-state index contributed by atoms with van der Waals surface area (Å²) < 4.78 is 0. The largest absolute Gasteiger partial charge is 0.307 e. The Kier molecular flexibility index (Phi) is 1.43. The topological polar surface area (TPSA) is 42.0 Å². The van der Waals surface area contributed by atoms with Crippen molar-refractivity contribution in [3.63, 3.8) is 0 Å². The minimum Gasteiger partial charge on any atom is -0.307 e. The van der Waals surface area contributed by atoms with Crippen molar-refractivity contribution in [2.24, 2.45) is 0 Å². The molecule has 0 spiro atoms. The van der Waals surface area contributed by atoms with Gasteiger partial charge in [0, 0.05) is 24.8 Å². The van der Waals surface area contributed by atoms with E-state index in [1.165, 1.54) is 0 Å². The van der Waals surface area contributed by atoms with Crippen LogP contribution in [0.1, 0.15) is 21.6 Å². The third kappa shape index (κ3) is 0.935. The van der Waals surface area contributed by atoms with Crippen LogP contribution in [0.5, 0.6) is 0 Å². The van der Waals surface area contributed by atoms with Crippen LogP contribution in [0.3, 0.4) is 0 Å². The Labute approximate surface area is 64.5 Å². The Balaban J connectivity index is 2.58. The maximum atomic E-state index is 10.5. The molecule has 0 saturated carbocycles. The summed E-state index contributed by atoms with van der Waals surface area (Å²) in [6, 6.07) is 1.75. The van der Waals surface area contributed by atoms with E-state index in [4.69, 9.17) is 0 Å². The van der Waals surface area contributed by atoms with Crippen LogP contribution in [-0.4, -0.2) is 11.3 Å². The van der Waals surface area contributed by atoms with E-state index in [2.05, 4.69) is 10.3 Å². The molecule has 1 aromatic heterocycles. The normalized spacial score (nSPS) is 14.5. The quantitative estimate of drug-likeness (QED) is 0.589. The average molecular weight is 148 g/mol. The van der Waals surface area contributed by atoms with Crippen molar-refractivity contribution >= 4 is 6.29 Å². The molecule has 3 nitrogen and oxygen atoms in total. The summed E-state index contributed by atoms with van der Waals surface area (Å²) in [4.78, 5) is 14.7. The Morgan fingerprint density at radius 1 is 1.55 bits per heavy atom. The highest BCUT2D eigenvalue weighted by atomic mass is 16.1. The van der Waals surface area contributed by atoms with Gasteiger partial charge in [-0.3, -0.25) is 9.78 Å². The van der Waals surface area contributed by atoms with Gasteiger partial charge in [-0.2, -0.15) is 0 Å². The van der Waals surface area contributed by atoms with Crippen LogP contribution in [0.15, 0.2) is 12.3 Å². The van der Waals surface area contributed by atoms with E-state index in [1.807, 2.05) is 0 Å². The van der Waals surface area contributed by atoms with E-state index < -0.39 is 0 Å². The van der Waals surface area contributed by atoms with Gasteiger partial charge in [-0.15, -0.1) is 0 Å². The molecule has 1 aliphatic heterocycles. The molecule has 56 valence electrons. The smallest absolute Gasteiger partial charge is 0.150 e. The maximum Gasteiger partial charge on any atom is 0.150 e. The predicted molar refractivity (Wildman–Crippen MR) is 40.2 cm³/mol. The third-order valence-electron chi connectivity index (χ3n) is 1.90. The average Bonchev–Trinajstić information content (AvgIpc) is 2.50. The second kappa shape index (κ2) is 2.43. The van der Waals surface area contributed by atoms with Crippen molar-refractivity contribution in [1.29, 1.82) is 0 Å². The SMILES string of the molecule is O=Cc1ccnc2c1CNC2. The highest BCUT2D eigenvalue weighted by Crippen LogP contribution is 2.15. The van der Waals surface area contributed by atoms with Crippen LogP contribution >= 0.6 is 0 Å². The molecule has 0 unspecified atom stereocenters. The molecule has 11 heavy (non-hydrogen) atoms. The number of carbonyl (C=O) groups excluding carboxylic acids is 1. The first kappa shape index (κ1) is 6.49.